The van der Waals surface area contributed by atoms with Crippen LogP contribution in [0.25, 0.3) is 0 Å². The number of rotatable bonds is 8. The van der Waals surface area contributed by atoms with E-state index in [1.807, 2.05) is 26.0 Å². The van der Waals surface area contributed by atoms with Gasteiger partial charge >= 0.3 is 0 Å². The molecule has 2 aromatic rings. The van der Waals surface area contributed by atoms with Crippen molar-refractivity contribution in [1.29, 1.82) is 0 Å². The van der Waals surface area contributed by atoms with E-state index in [1.54, 1.807) is 37.6 Å². The molecule has 0 spiro atoms. The summed E-state index contributed by atoms with van der Waals surface area (Å²) in [6, 6.07) is 10.7. The number of amides is 1. The summed E-state index contributed by atoms with van der Waals surface area (Å²) in [6.07, 6.45) is 2.96. The van der Waals surface area contributed by atoms with Crippen molar-refractivity contribution in [3.8, 4) is 17.4 Å². The lowest BCUT2D eigenvalue weighted by molar-refractivity contribution is -0.125. The Morgan fingerprint density at radius 3 is 2.24 bits per heavy atom. The van der Waals surface area contributed by atoms with Crippen molar-refractivity contribution < 1.29 is 14.3 Å². The summed E-state index contributed by atoms with van der Waals surface area (Å²) in [6.45, 7) is 4.26. The third-order valence-corrected chi connectivity index (χ3v) is 4.50. The number of ether oxygens (including phenoxy) is 2. The summed E-state index contributed by atoms with van der Waals surface area (Å²) < 4.78 is 10.8. The lowest BCUT2D eigenvalue weighted by Gasteiger charge is -2.28. The first-order chi connectivity index (χ1) is 12.1. The van der Waals surface area contributed by atoms with Gasteiger partial charge in [-0.1, -0.05) is 13.8 Å². The predicted octanol–water partition coefficient (Wildman–Crippen LogP) is 3.59. The molecule has 3 N–H and O–H groups in total. The summed E-state index contributed by atoms with van der Waals surface area (Å²) in [7, 11) is 1.61. The molecule has 0 saturated carbocycles. The van der Waals surface area contributed by atoms with E-state index in [4.69, 9.17) is 15.2 Å². The molecule has 0 fully saturated rings. The van der Waals surface area contributed by atoms with Crippen LogP contribution >= 0.6 is 0 Å². The Hall–Kier alpha value is -2.60. The average molecular weight is 343 g/mol. The zero-order chi connectivity index (χ0) is 18.3. The molecular formula is C19H25N3O3. The molecule has 1 amide bonds. The summed E-state index contributed by atoms with van der Waals surface area (Å²) in [5.74, 6) is 1.78. The molecule has 2 rings (SSSR count). The number of nitrogens with two attached hydrogens (primary N) is 1. The zero-order valence-electron chi connectivity index (χ0n) is 14.9. The molecule has 0 aliphatic carbocycles. The van der Waals surface area contributed by atoms with Gasteiger partial charge < -0.3 is 20.5 Å². The fourth-order valence-corrected chi connectivity index (χ4v) is 2.50. The molecule has 134 valence electrons. The smallest absolute Gasteiger partial charge is 0.231 e. The van der Waals surface area contributed by atoms with Crippen LogP contribution in [-0.4, -0.2) is 24.5 Å². The molecule has 0 bridgehead atoms. The number of pyridine rings is 1. The Kier molecular flexibility index (Phi) is 6.36. The largest absolute Gasteiger partial charge is 0.497 e. The molecule has 25 heavy (non-hydrogen) atoms. The van der Waals surface area contributed by atoms with Crippen molar-refractivity contribution in [1.82, 2.24) is 4.98 Å². The van der Waals surface area contributed by atoms with E-state index in [0.717, 1.165) is 5.75 Å². The van der Waals surface area contributed by atoms with Crippen LogP contribution in [0.1, 0.15) is 26.7 Å². The zero-order valence-corrected chi connectivity index (χ0v) is 14.9. The highest BCUT2D eigenvalue weighted by Gasteiger charge is 2.33. The number of nitrogens with zero attached hydrogens (tertiary/aromatic N) is 1. The highest BCUT2D eigenvalue weighted by Crippen LogP contribution is 2.27. The second-order valence-corrected chi connectivity index (χ2v) is 5.81. The van der Waals surface area contributed by atoms with Gasteiger partial charge in [0.15, 0.2) is 0 Å². The normalized spacial score (nSPS) is 11.0. The van der Waals surface area contributed by atoms with Crippen LogP contribution in [0.2, 0.25) is 0 Å². The third kappa shape index (κ3) is 4.48. The van der Waals surface area contributed by atoms with Crippen LogP contribution in [-0.2, 0) is 4.79 Å². The fourth-order valence-electron chi connectivity index (χ4n) is 2.50. The Morgan fingerprint density at radius 1 is 1.12 bits per heavy atom. The van der Waals surface area contributed by atoms with Crippen molar-refractivity contribution in [3.05, 3.63) is 42.6 Å². The predicted molar refractivity (Wildman–Crippen MR) is 98.0 cm³/mol. The number of hydrogen-bond donors (Lipinski definition) is 2. The maximum absolute atomic E-state index is 12.5. The van der Waals surface area contributed by atoms with Gasteiger partial charge in [-0.05, 0) is 43.2 Å². The van der Waals surface area contributed by atoms with Crippen LogP contribution in [0.3, 0.4) is 0 Å². The summed E-state index contributed by atoms with van der Waals surface area (Å²) >= 11 is 0. The minimum atomic E-state index is -0.543. The summed E-state index contributed by atoms with van der Waals surface area (Å²) in [5.41, 5.74) is 5.88. The molecule has 0 aliphatic rings. The van der Waals surface area contributed by atoms with Gasteiger partial charge in [-0.2, -0.15) is 0 Å². The minimum Gasteiger partial charge on any atom is -0.497 e. The number of carbonyl (C=O) groups is 1. The number of benzene rings is 1. The number of nitrogens with one attached hydrogen (secondary N) is 1. The van der Waals surface area contributed by atoms with E-state index in [-0.39, 0.29) is 5.91 Å². The first-order valence-electron chi connectivity index (χ1n) is 8.36. The van der Waals surface area contributed by atoms with E-state index < -0.39 is 5.41 Å². The molecular weight excluding hydrogens is 318 g/mol. The SMILES string of the molecule is CCC(CC)(CN)C(=O)Nc1ccc(Oc2ccc(OC)cc2)nc1. The third-order valence-electron chi connectivity index (χ3n) is 4.50. The van der Waals surface area contributed by atoms with Crippen LogP contribution in [0.15, 0.2) is 42.6 Å². The minimum absolute atomic E-state index is 0.0781. The molecule has 1 aromatic carbocycles. The topological polar surface area (TPSA) is 86.5 Å². The number of methoxy groups -OCH3 is 1. The van der Waals surface area contributed by atoms with Gasteiger partial charge in [0, 0.05) is 12.6 Å². The molecule has 6 heteroatoms. The van der Waals surface area contributed by atoms with Crippen molar-refractivity contribution in [2.45, 2.75) is 26.7 Å². The highest BCUT2D eigenvalue weighted by molar-refractivity contribution is 5.95. The van der Waals surface area contributed by atoms with Crippen LogP contribution in [0.5, 0.6) is 17.4 Å². The molecule has 0 atom stereocenters. The van der Waals surface area contributed by atoms with Gasteiger partial charge in [-0.3, -0.25) is 4.79 Å². The maximum Gasteiger partial charge on any atom is 0.231 e. The molecule has 0 saturated heterocycles. The lowest BCUT2D eigenvalue weighted by atomic mass is 9.81. The highest BCUT2D eigenvalue weighted by atomic mass is 16.5. The molecule has 1 heterocycles. The van der Waals surface area contributed by atoms with Crippen LogP contribution < -0.4 is 20.5 Å². The maximum atomic E-state index is 12.5. The number of carbonyl (C=O) groups excluding carboxylic acids is 1. The average Bonchev–Trinajstić information content (AvgIpc) is 2.66. The molecule has 1 aromatic heterocycles. The summed E-state index contributed by atoms with van der Waals surface area (Å²) in [5, 5.41) is 2.89. The van der Waals surface area contributed by atoms with E-state index in [9.17, 15) is 4.79 Å². The fraction of sp³-hybridized carbons (Fsp3) is 0.368. The van der Waals surface area contributed by atoms with Crippen molar-refractivity contribution in [3.63, 3.8) is 0 Å². The van der Waals surface area contributed by atoms with Crippen molar-refractivity contribution >= 4 is 11.6 Å². The molecule has 0 aliphatic heterocycles. The number of anilines is 1. The van der Waals surface area contributed by atoms with Gasteiger partial charge in [-0.25, -0.2) is 4.98 Å². The Morgan fingerprint density at radius 2 is 1.76 bits per heavy atom. The van der Waals surface area contributed by atoms with Gasteiger partial charge in [0.2, 0.25) is 11.8 Å². The van der Waals surface area contributed by atoms with E-state index in [2.05, 4.69) is 10.3 Å². The monoisotopic (exact) mass is 343 g/mol. The van der Waals surface area contributed by atoms with E-state index in [0.29, 0.717) is 36.7 Å². The molecule has 0 radical (unpaired) electrons. The van der Waals surface area contributed by atoms with Gasteiger partial charge in [-0.15, -0.1) is 0 Å². The Labute approximate surface area is 148 Å². The molecule has 6 nitrogen and oxygen atoms in total. The van der Waals surface area contributed by atoms with Gasteiger partial charge in [0.25, 0.3) is 0 Å². The van der Waals surface area contributed by atoms with Gasteiger partial charge in [0.1, 0.15) is 11.5 Å². The second kappa shape index (κ2) is 8.48. The first kappa shape index (κ1) is 18.7. The standard InChI is InChI=1S/C19H25N3O3/c1-4-19(5-2,13-20)18(23)22-14-6-11-17(21-12-14)25-16-9-7-15(24-3)8-10-16/h6-12H,4-5,13,20H2,1-3H3,(H,22,23). The first-order valence-corrected chi connectivity index (χ1v) is 8.36. The van der Waals surface area contributed by atoms with Crippen LogP contribution in [0.4, 0.5) is 5.69 Å². The van der Waals surface area contributed by atoms with Crippen molar-refractivity contribution in [2.75, 3.05) is 19.0 Å². The Balaban J connectivity index is 2.02. The van der Waals surface area contributed by atoms with E-state index in [1.165, 1.54) is 0 Å². The number of aromatic nitrogens is 1. The summed E-state index contributed by atoms with van der Waals surface area (Å²) in [4.78, 5) is 16.7. The Bertz CT molecular complexity index is 672. The number of hydrogen-bond acceptors (Lipinski definition) is 5. The second-order valence-electron chi connectivity index (χ2n) is 5.81. The lowest BCUT2D eigenvalue weighted by Crippen LogP contribution is -2.41. The van der Waals surface area contributed by atoms with Crippen molar-refractivity contribution in [2.24, 2.45) is 11.1 Å². The quantitative estimate of drug-likeness (QED) is 0.765. The van der Waals surface area contributed by atoms with E-state index >= 15 is 0 Å². The van der Waals surface area contributed by atoms with Crippen LogP contribution in [0, 0.1) is 5.41 Å². The molecule has 0 unspecified atom stereocenters. The van der Waals surface area contributed by atoms with Gasteiger partial charge in [0.05, 0.1) is 24.4 Å².